The van der Waals surface area contributed by atoms with Gasteiger partial charge in [-0.05, 0) is 61.2 Å². The van der Waals surface area contributed by atoms with E-state index in [1.807, 2.05) is 47.4 Å². The SMILES string of the molecule is COc1cccc(C(=O)N(CC(=O)N2CCN(c3ccc(-c4cccc(OC)c4)nn3)CC2)CC2CC2)c1. The second-order valence-corrected chi connectivity index (χ2v) is 9.74. The van der Waals surface area contributed by atoms with Crippen molar-refractivity contribution < 1.29 is 19.1 Å². The van der Waals surface area contributed by atoms with Crippen LogP contribution in [0, 0.1) is 5.92 Å². The molecule has 2 fully saturated rings. The molecule has 0 unspecified atom stereocenters. The predicted molar refractivity (Wildman–Crippen MR) is 144 cm³/mol. The van der Waals surface area contributed by atoms with Crippen molar-refractivity contribution in [2.75, 3.05) is 58.4 Å². The highest BCUT2D eigenvalue weighted by molar-refractivity contribution is 5.97. The quantitative estimate of drug-likeness (QED) is 0.432. The lowest BCUT2D eigenvalue weighted by Gasteiger charge is -2.36. The van der Waals surface area contributed by atoms with E-state index in [4.69, 9.17) is 9.47 Å². The zero-order valence-electron chi connectivity index (χ0n) is 21.9. The Kier molecular flexibility index (Phi) is 7.72. The Morgan fingerprint density at radius 2 is 1.61 bits per heavy atom. The first-order valence-electron chi connectivity index (χ1n) is 13.0. The van der Waals surface area contributed by atoms with Gasteiger partial charge in [-0.15, -0.1) is 10.2 Å². The van der Waals surface area contributed by atoms with Gasteiger partial charge in [0.05, 0.1) is 19.9 Å². The highest BCUT2D eigenvalue weighted by Gasteiger charge is 2.31. The van der Waals surface area contributed by atoms with Gasteiger partial charge < -0.3 is 24.2 Å². The number of hydrogen-bond acceptors (Lipinski definition) is 7. The fraction of sp³-hybridized carbons (Fsp3) is 0.379. The Bertz CT molecular complexity index is 1270. The molecule has 1 aliphatic carbocycles. The van der Waals surface area contributed by atoms with Crippen LogP contribution in [0.2, 0.25) is 0 Å². The third-order valence-electron chi connectivity index (χ3n) is 7.08. The lowest BCUT2D eigenvalue weighted by atomic mass is 10.1. The molecule has 2 aliphatic rings. The summed E-state index contributed by atoms with van der Waals surface area (Å²) in [5, 5.41) is 8.84. The van der Waals surface area contributed by atoms with Crippen molar-refractivity contribution in [3.05, 3.63) is 66.2 Å². The van der Waals surface area contributed by atoms with Crippen LogP contribution in [0.1, 0.15) is 23.2 Å². The first-order valence-corrected chi connectivity index (χ1v) is 13.0. The van der Waals surface area contributed by atoms with Crippen molar-refractivity contribution in [1.82, 2.24) is 20.0 Å². The molecule has 0 spiro atoms. The lowest BCUT2D eigenvalue weighted by molar-refractivity contribution is -0.132. The van der Waals surface area contributed by atoms with Crippen LogP contribution < -0.4 is 14.4 Å². The fourth-order valence-corrected chi connectivity index (χ4v) is 4.65. The molecule has 2 aromatic carbocycles. The third kappa shape index (κ3) is 6.04. The first-order chi connectivity index (χ1) is 18.5. The van der Waals surface area contributed by atoms with Crippen LogP contribution in [0.4, 0.5) is 5.82 Å². The summed E-state index contributed by atoms with van der Waals surface area (Å²) < 4.78 is 10.6. The van der Waals surface area contributed by atoms with Crippen molar-refractivity contribution in [2.24, 2.45) is 5.92 Å². The van der Waals surface area contributed by atoms with E-state index in [-0.39, 0.29) is 18.4 Å². The van der Waals surface area contributed by atoms with Crippen molar-refractivity contribution >= 4 is 17.6 Å². The van der Waals surface area contributed by atoms with Crippen LogP contribution in [0.15, 0.2) is 60.7 Å². The minimum Gasteiger partial charge on any atom is -0.497 e. The van der Waals surface area contributed by atoms with Crippen molar-refractivity contribution in [2.45, 2.75) is 12.8 Å². The van der Waals surface area contributed by atoms with Crippen LogP contribution in [0.3, 0.4) is 0 Å². The van der Waals surface area contributed by atoms with Crippen molar-refractivity contribution in [1.29, 1.82) is 0 Å². The maximum absolute atomic E-state index is 13.3. The van der Waals surface area contributed by atoms with E-state index in [1.165, 1.54) is 0 Å². The van der Waals surface area contributed by atoms with Crippen LogP contribution in [0.25, 0.3) is 11.3 Å². The Hall–Kier alpha value is -4.14. The molecule has 0 N–H and O–H groups in total. The van der Waals surface area contributed by atoms with Gasteiger partial charge in [-0.2, -0.15) is 0 Å². The molecule has 0 bridgehead atoms. The first kappa shape index (κ1) is 25.5. The molecule has 38 heavy (non-hydrogen) atoms. The Morgan fingerprint density at radius 1 is 0.895 bits per heavy atom. The summed E-state index contributed by atoms with van der Waals surface area (Å²) in [6.45, 7) is 3.15. The molecule has 5 rings (SSSR count). The van der Waals surface area contributed by atoms with Crippen molar-refractivity contribution in [3.63, 3.8) is 0 Å². The monoisotopic (exact) mass is 515 g/mol. The standard InChI is InChI=1S/C29H33N5O4/c1-37-24-7-3-5-22(17-24)26-11-12-27(31-30-26)32-13-15-33(16-14-32)28(35)20-34(19-21-9-10-21)29(36)23-6-4-8-25(18-23)38-2/h3-8,11-12,17-18,21H,9-10,13-16,19-20H2,1-2H3. The van der Waals surface area contributed by atoms with Gasteiger partial charge in [0.1, 0.15) is 18.0 Å². The number of carbonyl (C=O) groups is 2. The van der Waals surface area contributed by atoms with E-state index < -0.39 is 0 Å². The number of nitrogens with zero attached hydrogens (tertiary/aromatic N) is 5. The largest absolute Gasteiger partial charge is 0.497 e. The van der Waals surface area contributed by atoms with Crippen LogP contribution in [0.5, 0.6) is 11.5 Å². The maximum Gasteiger partial charge on any atom is 0.254 e. The molecule has 198 valence electrons. The fourth-order valence-electron chi connectivity index (χ4n) is 4.65. The number of amides is 2. The highest BCUT2D eigenvalue weighted by atomic mass is 16.5. The average molecular weight is 516 g/mol. The number of methoxy groups -OCH3 is 2. The van der Waals surface area contributed by atoms with E-state index in [9.17, 15) is 9.59 Å². The molecule has 2 heterocycles. The van der Waals surface area contributed by atoms with E-state index >= 15 is 0 Å². The molecule has 0 radical (unpaired) electrons. The Labute approximate surface area is 223 Å². The summed E-state index contributed by atoms with van der Waals surface area (Å²) >= 11 is 0. The Balaban J connectivity index is 1.18. The van der Waals surface area contributed by atoms with Gasteiger partial charge in [0.2, 0.25) is 5.91 Å². The molecular formula is C29H33N5O4. The van der Waals surface area contributed by atoms with E-state index in [0.717, 1.165) is 35.7 Å². The van der Waals surface area contributed by atoms with Crippen LogP contribution >= 0.6 is 0 Å². The summed E-state index contributed by atoms with van der Waals surface area (Å²) in [5.74, 6) is 2.51. The van der Waals surface area contributed by atoms with E-state index in [0.29, 0.717) is 50.0 Å². The minimum atomic E-state index is -0.130. The molecule has 3 aromatic rings. The van der Waals surface area contributed by atoms with E-state index in [1.54, 1.807) is 37.3 Å². The summed E-state index contributed by atoms with van der Waals surface area (Å²) in [6, 6.07) is 18.8. The number of piperazine rings is 1. The molecule has 1 aromatic heterocycles. The van der Waals surface area contributed by atoms with Crippen LogP contribution in [-0.4, -0.2) is 85.3 Å². The van der Waals surface area contributed by atoms with Gasteiger partial charge in [-0.3, -0.25) is 9.59 Å². The summed E-state index contributed by atoms with van der Waals surface area (Å²) in [5.41, 5.74) is 2.26. The minimum absolute atomic E-state index is 0.0268. The second kappa shape index (κ2) is 11.5. The molecule has 9 heteroatoms. The molecule has 1 saturated heterocycles. The van der Waals surface area contributed by atoms with Gasteiger partial charge in [0.25, 0.3) is 5.91 Å². The summed E-state index contributed by atoms with van der Waals surface area (Å²) in [6.07, 6.45) is 2.21. The number of rotatable bonds is 9. The summed E-state index contributed by atoms with van der Waals surface area (Å²) in [7, 11) is 3.22. The molecule has 9 nitrogen and oxygen atoms in total. The third-order valence-corrected chi connectivity index (χ3v) is 7.08. The topological polar surface area (TPSA) is 88.1 Å². The van der Waals surface area contributed by atoms with Gasteiger partial charge >= 0.3 is 0 Å². The van der Waals surface area contributed by atoms with Gasteiger partial charge in [0.15, 0.2) is 5.82 Å². The lowest BCUT2D eigenvalue weighted by Crippen LogP contribution is -2.52. The molecule has 1 saturated carbocycles. The molecule has 2 amide bonds. The second-order valence-electron chi connectivity index (χ2n) is 9.74. The molecule has 1 aliphatic heterocycles. The average Bonchev–Trinajstić information content (AvgIpc) is 3.81. The smallest absolute Gasteiger partial charge is 0.254 e. The molecule has 0 atom stereocenters. The maximum atomic E-state index is 13.3. The highest BCUT2D eigenvalue weighted by Crippen LogP contribution is 2.30. The van der Waals surface area contributed by atoms with Gasteiger partial charge in [-0.1, -0.05) is 18.2 Å². The number of carbonyl (C=O) groups excluding carboxylic acids is 2. The zero-order valence-corrected chi connectivity index (χ0v) is 21.9. The van der Waals surface area contributed by atoms with E-state index in [2.05, 4.69) is 15.1 Å². The number of aromatic nitrogens is 2. The predicted octanol–water partition coefficient (Wildman–Crippen LogP) is 3.36. The van der Waals surface area contributed by atoms with Gasteiger partial charge in [0, 0.05) is 43.9 Å². The summed E-state index contributed by atoms with van der Waals surface area (Å²) in [4.78, 5) is 32.2. The number of benzene rings is 2. The Morgan fingerprint density at radius 3 is 2.26 bits per heavy atom. The normalized spacial score (nSPS) is 15.2. The number of hydrogen-bond donors (Lipinski definition) is 0. The van der Waals surface area contributed by atoms with Gasteiger partial charge in [-0.25, -0.2) is 0 Å². The zero-order chi connectivity index (χ0) is 26.5. The number of ether oxygens (including phenoxy) is 2. The van der Waals surface area contributed by atoms with Crippen LogP contribution in [-0.2, 0) is 4.79 Å². The van der Waals surface area contributed by atoms with Crippen molar-refractivity contribution in [3.8, 4) is 22.8 Å². The molecular weight excluding hydrogens is 482 g/mol. The number of anilines is 1.